The molecule has 0 bridgehead atoms. The summed E-state index contributed by atoms with van der Waals surface area (Å²) in [5.41, 5.74) is 0.260. The van der Waals surface area contributed by atoms with Gasteiger partial charge in [-0.05, 0) is 48.2 Å². The predicted octanol–water partition coefficient (Wildman–Crippen LogP) is 2.61. The first-order valence-electron chi connectivity index (χ1n) is 9.16. The molecule has 2 aromatic carbocycles. The highest BCUT2D eigenvalue weighted by molar-refractivity contribution is 5.78. The average Bonchev–Trinajstić information content (AvgIpc) is 2.63. The molecule has 1 aliphatic heterocycles. The zero-order chi connectivity index (χ0) is 19.3. The molecule has 3 rings (SSSR count). The number of aliphatic hydroxyl groups is 1. The fourth-order valence-electron chi connectivity index (χ4n) is 3.46. The summed E-state index contributed by atoms with van der Waals surface area (Å²) in [5.74, 6) is -0.836. The van der Waals surface area contributed by atoms with Crippen molar-refractivity contribution >= 4 is 5.91 Å². The molecule has 6 heteroatoms. The largest absolute Gasteiger partial charge is 0.385 e. The fraction of sp³-hybridized carbons (Fsp3) is 0.381. The van der Waals surface area contributed by atoms with Gasteiger partial charge >= 0.3 is 0 Å². The molecule has 1 aliphatic rings. The van der Waals surface area contributed by atoms with Crippen LogP contribution in [0.4, 0.5) is 8.78 Å². The molecule has 27 heavy (non-hydrogen) atoms. The van der Waals surface area contributed by atoms with Crippen LogP contribution in [0.2, 0.25) is 0 Å². The first-order valence-corrected chi connectivity index (χ1v) is 9.16. The summed E-state index contributed by atoms with van der Waals surface area (Å²) in [6.45, 7) is 2.51. The van der Waals surface area contributed by atoms with Crippen molar-refractivity contribution in [3.8, 4) is 0 Å². The van der Waals surface area contributed by atoms with Crippen molar-refractivity contribution < 1.29 is 18.7 Å². The standard InChI is InChI=1S/C21H24F2N2O2/c22-18-5-1-3-16(13-18)14-20(26)24-9-12-25-10-7-21(27,8-11-25)17-4-2-6-19(23)15-17/h1-6,13,15,27H,7-12,14H2,(H,24,26). The lowest BCUT2D eigenvalue weighted by Crippen LogP contribution is -2.45. The van der Waals surface area contributed by atoms with Gasteiger partial charge in [0.2, 0.25) is 5.91 Å². The van der Waals surface area contributed by atoms with E-state index in [2.05, 4.69) is 10.2 Å². The van der Waals surface area contributed by atoms with E-state index in [9.17, 15) is 18.7 Å². The van der Waals surface area contributed by atoms with Gasteiger partial charge in [0.25, 0.3) is 0 Å². The number of rotatable bonds is 6. The number of halogens is 2. The van der Waals surface area contributed by atoms with Crippen molar-refractivity contribution in [3.05, 3.63) is 71.3 Å². The number of likely N-dealkylation sites (tertiary alicyclic amines) is 1. The number of carbonyl (C=O) groups is 1. The number of hydrogen-bond acceptors (Lipinski definition) is 3. The molecule has 4 nitrogen and oxygen atoms in total. The average molecular weight is 374 g/mol. The molecule has 0 atom stereocenters. The topological polar surface area (TPSA) is 52.6 Å². The molecule has 0 radical (unpaired) electrons. The van der Waals surface area contributed by atoms with E-state index in [0.29, 0.717) is 50.1 Å². The summed E-state index contributed by atoms with van der Waals surface area (Å²) in [7, 11) is 0. The number of benzene rings is 2. The summed E-state index contributed by atoms with van der Waals surface area (Å²) in [6.07, 6.45) is 1.19. The molecular weight excluding hydrogens is 350 g/mol. The third-order valence-electron chi connectivity index (χ3n) is 5.05. The quantitative estimate of drug-likeness (QED) is 0.817. The van der Waals surface area contributed by atoms with Crippen molar-refractivity contribution in [2.45, 2.75) is 24.9 Å². The van der Waals surface area contributed by atoms with Gasteiger partial charge in [0.15, 0.2) is 0 Å². The summed E-state index contributed by atoms with van der Waals surface area (Å²) < 4.78 is 26.5. The number of nitrogens with one attached hydrogen (secondary N) is 1. The Morgan fingerprint density at radius 3 is 2.41 bits per heavy atom. The Morgan fingerprint density at radius 1 is 1.07 bits per heavy atom. The van der Waals surface area contributed by atoms with E-state index in [4.69, 9.17) is 0 Å². The highest BCUT2D eigenvalue weighted by Gasteiger charge is 2.33. The number of hydrogen-bond donors (Lipinski definition) is 2. The van der Waals surface area contributed by atoms with Crippen LogP contribution in [0.3, 0.4) is 0 Å². The van der Waals surface area contributed by atoms with Gasteiger partial charge in [0, 0.05) is 26.2 Å². The minimum absolute atomic E-state index is 0.145. The molecule has 2 N–H and O–H groups in total. The van der Waals surface area contributed by atoms with E-state index >= 15 is 0 Å². The molecule has 0 unspecified atom stereocenters. The van der Waals surface area contributed by atoms with Crippen LogP contribution in [-0.4, -0.2) is 42.1 Å². The van der Waals surface area contributed by atoms with Crippen molar-refractivity contribution in [3.63, 3.8) is 0 Å². The van der Waals surface area contributed by atoms with Crippen LogP contribution in [0.5, 0.6) is 0 Å². The van der Waals surface area contributed by atoms with Crippen molar-refractivity contribution in [2.24, 2.45) is 0 Å². The smallest absolute Gasteiger partial charge is 0.224 e. The SMILES string of the molecule is O=C(Cc1cccc(F)c1)NCCN1CCC(O)(c2cccc(F)c2)CC1. The second kappa shape index (κ2) is 8.59. The predicted molar refractivity (Wildman–Crippen MR) is 99.1 cm³/mol. The Labute approximate surface area is 157 Å². The van der Waals surface area contributed by atoms with Crippen molar-refractivity contribution in [1.29, 1.82) is 0 Å². The first-order chi connectivity index (χ1) is 12.9. The lowest BCUT2D eigenvalue weighted by atomic mass is 9.84. The van der Waals surface area contributed by atoms with Crippen LogP contribution in [0.1, 0.15) is 24.0 Å². The molecule has 1 amide bonds. The third-order valence-corrected chi connectivity index (χ3v) is 5.05. The van der Waals surface area contributed by atoms with Crippen LogP contribution in [0, 0.1) is 11.6 Å². The maximum atomic E-state index is 13.4. The van der Waals surface area contributed by atoms with Gasteiger partial charge in [-0.1, -0.05) is 24.3 Å². The Hall–Kier alpha value is -2.31. The van der Waals surface area contributed by atoms with Crippen LogP contribution >= 0.6 is 0 Å². The van der Waals surface area contributed by atoms with Crippen LogP contribution in [-0.2, 0) is 16.8 Å². The maximum Gasteiger partial charge on any atom is 0.224 e. The molecule has 2 aromatic rings. The van der Waals surface area contributed by atoms with Gasteiger partial charge in [-0.25, -0.2) is 8.78 Å². The third kappa shape index (κ3) is 5.34. The van der Waals surface area contributed by atoms with Gasteiger partial charge < -0.3 is 15.3 Å². The minimum Gasteiger partial charge on any atom is -0.385 e. The van der Waals surface area contributed by atoms with E-state index < -0.39 is 5.60 Å². The second-order valence-electron chi connectivity index (χ2n) is 7.04. The summed E-state index contributed by atoms with van der Waals surface area (Å²) in [4.78, 5) is 14.1. The van der Waals surface area contributed by atoms with Gasteiger partial charge in [-0.15, -0.1) is 0 Å². The normalized spacial score (nSPS) is 16.9. The van der Waals surface area contributed by atoms with Crippen molar-refractivity contribution in [1.82, 2.24) is 10.2 Å². The Morgan fingerprint density at radius 2 is 1.74 bits per heavy atom. The van der Waals surface area contributed by atoms with E-state index in [0.717, 1.165) is 0 Å². The molecule has 0 spiro atoms. The molecule has 0 saturated carbocycles. The van der Waals surface area contributed by atoms with Crippen LogP contribution in [0.25, 0.3) is 0 Å². The van der Waals surface area contributed by atoms with E-state index in [1.54, 1.807) is 24.3 Å². The Kier molecular flexibility index (Phi) is 6.19. The lowest BCUT2D eigenvalue weighted by molar-refractivity contribution is -0.120. The van der Waals surface area contributed by atoms with Gasteiger partial charge in [0.05, 0.1) is 12.0 Å². The molecule has 0 aliphatic carbocycles. The molecular formula is C21H24F2N2O2. The highest BCUT2D eigenvalue weighted by Crippen LogP contribution is 2.32. The fourth-order valence-corrected chi connectivity index (χ4v) is 3.46. The minimum atomic E-state index is -1.00. The Bertz CT molecular complexity index is 789. The second-order valence-corrected chi connectivity index (χ2v) is 7.04. The number of amides is 1. The van der Waals surface area contributed by atoms with Crippen LogP contribution < -0.4 is 5.32 Å². The summed E-state index contributed by atoms with van der Waals surface area (Å²) in [6, 6.07) is 12.2. The van der Waals surface area contributed by atoms with E-state index in [1.807, 2.05) is 0 Å². The molecule has 0 aromatic heterocycles. The van der Waals surface area contributed by atoms with Gasteiger partial charge in [0.1, 0.15) is 11.6 Å². The highest BCUT2D eigenvalue weighted by atomic mass is 19.1. The zero-order valence-corrected chi connectivity index (χ0v) is 15.1. The van der Waals surface area contributed by atoms with Crippen molar-refractivity contribution in [2.75, 3.05) is 26.2 Å². The van der Waals surface area contributed by atoms with E-state index in [1.165, 1.54) is 24.3 Å². The maximum absolute atomic E-state index is 13.4. The molecule has 1 heterocycles. The van der Waals surface area contributed by atoms with Crippen LogP contribution in [0.15, 0.2) is 48.5 Å². The summed E-state index contributed by atoms with van der Waals surface area (Å²) >= 11 is 0. The van der Waals surface area contributed by atoms with Gasteiger partial charge in [-0.2, -0.15) is 0 Å². The van der Waals surface area contributed by atoms with E-state index in [-0.39, 0.29) is 24.0 Å². The molecule has 1 saturated heterocycles. The number of nitrogens with zero attached hydrogens (tertiary/aromatic N) is 1. The van der Waals surface area contributed by atoms with Gasteiger partial charge in [-0.3, -0.25) is 4.79 Å². The monoisotopic (exact) mass is 374 g/mol. The zero-order valence-electron chi connectivity index (χ0n) is 15.1. The lowest BCUT2D eigenvalue weighted by Gasteiger charge is -2.38. The number of piperidine rings is 1. The summed E-state index contributed by atoms with van der Waals surface area (Å²) in [5, 5.41) is 13.6. The molecule has 144 valence electrons. The first kappa shape index (κ1) is 19.5. The number of carbonyl (C=O) groups excluding carboxylic acids is 1. The Balaban J connectivity index is 1.41. The molecule has 1 fully saturated rings.